The summed E-state index contributed by atoms with van der Waals surface area (Å²) in [6.07, 6.45) is 0. The van der Waals surface area contributed by atoms with Crippen molar-refractivity contribution in [3.05, 3.63) is 23.8 Å². The van der Waals surface area contributed by atoms with Gasteiger partial charge in [0.2, 0.25) is 0 Å². The van der Waals surface area contributed by atoms with E-state index >= 15 is 0 Å². The predicted octanol–water partition coefficient (Wildman–Crippen LogP) is 1.66. The van der Waals surface area contributed by atoms with Crippen molar-refractivity contribution in [2.24, 2.45) is 0 Å². The zero-order valence-electron chi connectivity index (χ0n) is 9.24. The van der Waals surface area contributed by atoms with Crippen molar-refractivity contribution in [3.8, 4) is 11.5 Å². The minimum atomic E-state index is -0.821. The standard InChI is InChI=1S/C10H10F2N4O/c1-16(2)10-14-9(17-15-10)5-3-8(13)7(12)4-6(5)11/h3-4H,13H2,1-2H3. The van der Waals surface area contributed by atoms with Crippen LogP contribution in [0, 0.1) is 11.6 Å². The van der Waals surface area contributed by atoms with E-state index in [2.05, 4.69) is 10.1 Å². The summed E-state index contributed by atoms with van der Waals surface area (Å²) in [4.78, 5) is 5.54. The summed E-state index contributed by atoms with van der Waals surface area (Å²) in [5.41, 5.74) is 5.15. The van der Waals surface area contributed by atoms with E-state index in [1.165, 1.54) is 0 Å². The van der Waals surface area contributed by atoms with E-state index in [4.69, 9.17) is 10.3 Å². The molecule has 2 aromatic rings. The van der Waals surface area contributed by atoms with Crippen LogP contribution in [0.2, 0.25) is 0 Å². The maximum atomic E-state index is 13.5. The monoisotopic (exact) mass is 240 g/mol. The van der Waals surface area contributed by atoms with Crippen molar-refractivity contribution in [1.29, 1.82) is 0 Å². The van der Waals surface area contributed by atoms with Crippen molar-refractivity contribution >= 4 is 11.6 Å². The number of rotatable bonds is 2. The van der Waals surface area contributed by atoms with E-state index in [1.807, 2.05) is 0 Å². The van der Waals surface area contributed by atoms with E-state index in [0.717, 1.165) is 6.07 Å². The molecule has 0 aliphatic heterocycles. The van der Waals surface area contributed by atoms with Crippen LogP contribution in [-0.4, -0.2) is 24.2 Å². The van der Waals surface area contributed by atoms with Crippen LogP contribution in [0.15, 0.2) is 16.7 Å². The van der Waals surface area contributed by atoms with Crippen molar-refractivity contribution in [2.75, 3.05) is 24.7 Å². The van der Waals surface area contributed by atoms with Crippen molar-refractivity contribution in [3.63, 3.8) is 0 Å². The Bertz CT molecular complexity index is 553. The summed E-state index contributed by atoms with van der Waals surface area (Å²) in [5, 5.41) is 3.62. The van der Waals surface area contributed by atoms with E-state index in [-0.39, 0.29) is 17.1 Å². The molecule has 2 N–H and O–H groups in total. The molecule has 0 bridgehead atoms. The first-order chi connectivity index (χ1) is 7.99. The van der Waals surface area contributed by atoms with Gasteiger partial charge in [0.15, 0.2) is 0 Å². The van der Waals surface area contributed by atoms with Crippen LogP contribution < -0.4 is 10.6 Å². The molecule has 0 amide bonds. The maximum absolute atomic E-state index is 13.5. The lowest BCUT2D eigenvalue weighted by atomic mass is 10.2. The number of benzene rings is 1. The number of hydrogen-bond donors (Lipinski definition) is 1. The average Bonchev–Trinajstić information content (AvgIpc) is 2.72. The highest BCUT2D eigenvalue weighted by Crippen LogP contribution is 2.26. The van der Waals surface area contributed by atoms with Gasteiger partial charge in [-0.05, 0) is 11.2 Å². The van der Waals surface area contributed by atoms with Crippen molar-refractivity contribution in [2.45, 2.75) is 0 Å². The SMILES string of the molecule is CN(C)c1noc(-c2cc(N)c(F)cc2F)n1. The van der Waals surface area contributed by atoms with E-state index < -0.39 is 11.6 Å². The first kappa shape index (κ1) is 11.3. The molecule has 0 unspecified atom stereocenters. The highest BCUT2D eigenvalue weighted by Gasteiger charge is 2.16. The number of hydrogen-bond acceptors (Lipinski definition) is 5. The highest BCUT2D eigenvalue weighted by atomic mass is 19.1. The number of aromatic nitrogens is 2. The fourth-order valence-electron chi connectivity index (χ4n) is 1.24. The number of nitrogens with two attached hydrogens (primary N) is 1. The van der Waals surface area contributed by atoms with Crippen LogP contribution in [0.4, 0.5) is 20.4 Å². The molecule has 0 saturated carbocycles. The lowest BCUT2D eigenvalue weighted by molar-refractivity contribution is 0.428. The molecule has 17 heavy (non-hydrogen) atoms. The Morgan fingerprint density at radius 1 is 1.24 bits per heavy atom. The van der Waals surface area contributed by atoms with Crippen molar-refractivity contribution < 1.29 is 13.3 Å². The molecule has 5 nitrogen and oxygen atoms in total. The molecule has 1 aromatic heterocycles. The molecule has 0 aliphatic carbocycles. The molecule has 90 valence electrons. The van der Waals surface area contributed by atoms with Gasteiger partial charge in [-0.2, -0.15) is 4.98 Å². The van der Waals surface area contributed by atoms with Crippen LogP contribution >= 0.6 is 0 Å². The number of anilines is 2. The molecule has 2 rings (SSSR count). The van der Waals surface area contributed by atoms with E-state index in [0.29, 0.717) is 12.0 Å². The zero-order valence-corrected chi connectivity index (χ0v) is 9.24. The van der Waals surface area contributed by atoms with Crippen LogP contribution in [0.25, 0.3) is 11.5 Å². The molecule has 0 atom stereocenters. The third-order valence-electron chi connectivity index (χ3n) is 2.13. The lowest BCUT2D eigenvalue weighted by Crippen LogP contribution is -2.10. The Morgan fingerprint density at radius 2 is 1.94 bits per heavy atom. The van der Waals surface area contributed by atoms with E-state index in [9.17, 15) is 8.78 Å². The van der Waals surface area contributed by atoms with Gasteiger partial charge in [0, 0.05) is 20.2 Å². The topological polar surface area (TPSA) is 68.2 Å². The second-order valence-electron chi connectivity index (χ2n) is 3.65. The first-order valence-corrected chi connectivity index (χ1v) is 4.75. The van der Waals surface area contributed by atoms with Crippen molar-refractivity contribution in [1.82, 2.24) is 10.1 Å². The summed E-state index contributed by atoms with van der Waals surface area (Å²) in [5.74, 6) is -1.37. The lowest BCUT2D eigenvalue weighted by Gasteiger charge is -2.03. The van der Waals surface area contributed by atoms with E-state index in [1.54, 1.807) is 19.0 Å². The van der Waals surface area contributed by atoms with Gasteiger partial charge in [0.05, 0.1) is 11.3 Å². The predicted molar refractivity (Wildman–Crippen MR) is 58.4 cm³/mol. The molecular formula is C10H10F2N4O. The minimum Gasteiger partial charge on any atom is -0.396 e. The van der Waals surface area contributed by atoms with Crippen LogP contribution in [0.1, 0.15) is 0 Å². The molecule has 0 radical (unpaired) electrons. The quantitative estimate of drug-likeness (QED) is 0.808. The summed E-state index contributed by atoms with van der Waals surface area (Å²) in [6, 6.07) is 1.81. The summed E-state index contributed by atoms with van der Waals surface area (Å²) in [7, 11) is 3.42. The van der Waals surface area contributed by atoms with Gasteiger partial charge < -0.3 is 15.2 Å². The Kier molecular flexibility index (Phi) is 2.66. The van der Waals surface area contributed by atoms with Gasteiger partial charge in [-0.25, -0.2) is 8.78 Å². The smallest absolute Gasteiger partial charge is 0.265 e. The summed E-state index contributed by atoms with van der Waals surface area (Å²) in [6.45, 7) is 0. The number of nitrogens with zero attached hydrogens (tertiary/aromatic N) is 3. The molecule has 1 heterocycles. The van der Waals surface area contributed by atoms with Crippen LogP contribution in [0.5, 0.6) is 0 Å². The highest BCUT2D eigenvalue weighted by molar-refractivity contribution is 5.61. The normalized spacial score (nSPS) is 10.6. The third-order valence-corrected chi connectivity index (χ3v) is 2.13. The van der Waals surface area contributed by atoms with Crippen LogP contribution in [0.3, 0.4) is 0 Å². The van der Waals surface area contributed by atoms with Crippen LogP contribution in [-0.2, 0) is 0 Å². The summed E-state index contributed by atoms with van der Waals surface area (Å²) >= 11 is 0. The minimum absolute atomic E-state index is 0.0236. The fraction of sp³-hybridized carbons (Fsp3) is 0.200. The Morgan fingerprint density at radius 3 is 2.53 bits per heavy atom. The second kappa shape index (κ2) is 4.00. The molecule has 7 heteroatoms. The Balaban J connectivity index is 2.49. The number of halogens is 2. The number of nitrogen functional groups attached to an aromatic ring is 1. The third kappa shape index (κ3) is 2.03. The first-order valence-electron chi connectivity index (χ1n) is 4.75. The summed E-state index contributed by atoms with van der Waals surface area (Å²) < 4.78 is 31.3. The Labute approximate surface area is 95.8 Å². The van der Waals surface area contributed by atoms with Gasteiger partial charge in [-0.1, -0.05) is 0 Å². The molecule has 0 saturated heterocycles. The molecule has 1 aromatic carbocycles. The zero-order chi connectivity index (χ0) is 12.6. The van der Waals surface area contributed by atoms with Gasteiger partial charge in [-0.15, -0.1) is 0 Å². The van der Waals surface area contributed by atoms with Gasteiger partial charge in [0.25, 0.3) is 11.8 Å². The second-order valence-corrected chi connectivity index (χ2v) is 3.65. The average molecular weight is 240 g/mol. The molecular weight excluding hydrogens is 230 g/mol. The molecule has 0 aliphatic rings. The molecule has 0 spiro atoms. The fourth-order valence-corrected chi connectivity index (χ4v) is 1.24. The van der Waals surface area contributed by atoms with Gasteiger partial charge in [0.1, 0.15) is 11.6 Å². The maximum Gasteiger partial charge on any atom is 0.265 e. The van der Waals surface area contributed by atoms with Gasteiger partial charge >= 0.3 is 0 Å². The Hall–Kier alpha value is -2.18. The van der Waals surface area contributed by atoms with Gasteiger partial charge in [-0.3, -0.25) is 0 Å². The largest absolute Gasteiger partial charge is 0.396 e. The molecule has 0 fully saturated rings.